The van der Waals surface area contributed by atoms with E-state index in [4.69, 9.17) is 0 Å². The van der Waals surface area contributed by atoms with Crippen molar-refractivity contribution in [2.45, 2.75) is 31.5 Å². The van der Waals surface area contributed by atoms with Gasteiger partial charge in [0.1, 0.15) is 0 Å². The van der Waals surface area contributed by atoms with Gasteiger partial charge in [-0.3, -0.25) is 0 Å². The van der Waals surface area contributed by atoms with Crippen LogP contribution >= 0.6 is 0 Å². The maximum atomic E-state index is 9.96. The van der Waals surface area contributed by atoms with E-state index in [1.807, 2.05) is 0 Å². The van der Waals surface area contributed by atoms with Gasteiger partial charge in [-0.05, 0) is 0 Å². The molecule has 0 spiro atoms. The third-order valence-corrected chi connectivity index (χ3v) is 1.90. The van der Waals surface area contributed by atoms with Gasteiger partial charge in [0.25, 0.3) is 0 Å². The fraction of sp³-hybridized carbons (Fsp3) is 0.833. The van der Waals surface area contributed by atoms with Crippen LogP contribution in [0.2, 0.25) is 5.82 Å². The Balaban J connectivity index is 2.14. The summed E-state index contributed by atoms with van der Waals surface area (Å²) < 4.78 is 0. The molecule has 8 heavy (non-hydrogen) atoms. The first-order valence-corrected chi connectivity index (χ1v) is 3.37. The Kier molecular flexibility index (Phi) is 2.13. The molecule has 0 aliphatic heterocycles. The predicted octanol–water partition coefficient (Wildman–Crippen LogP) is 0.976. The summed E-state index contributed by atoms with van der Waals surface area (Å²) in [5, 5.41) is 0. The van der Waals surface area contributed by atoms with E-state index in [0.717, 1.165) is 19.3 Å². The third-order valence-electron chi connectivity index (χ3n) is 1.90. The first kappa shape index (κ1) is 5.86. The lowest BCUT2D eigenvalue weighted by molar-refractivity contribution is 0.567. The van der Waals surface area contributed by atoms with Crippen molar-refractivity contribution >= 4 is 13.5 Å². The number of hydrogen-bond donors (Lipinski definition) is 0. The molecule has 0 bridgehead atoms. The first-order valence-electron chi connectivity index (χ1n) is 3.37. The average Bonchev–Trinajstić information content (AvgIpc) is 2.19. The summed E-state index contributed by atoms with van der Waals surface area (Å²) in [6, 6.07) is 0. The van der Waals surface area contributed by atoms with Crippen LogP contribution in [0.15, 0.2) is 0 Å². The zero-order chi connectivity index (χ0) is 5.82. The Bertz CT molecular complexity index is 76.6. The van der Waals surface area contributed by atoms with E-state index in [1.165, 1.54) is 25.7 Å². The van der Waals surface area contributed by atoms with E-state index < -0.39 is 0 Å². The molecule has 1 rings (SSSR count). The molecule has 1 aliphatic carbocycles. The number of carbonyl (C=O) groups is 1. The summed E-state index contributed by atoms with van der Waals surface area (Å²) in [5.74, 6) is 0.743. The van der Waals surface area contributed by atoms with Crippen LogP contribution in [0.4, 0.5) is 0 Å². The summed E-state index contributed by atoms with van der Waals surface area (Å²) >= 11 is 0. The highest BCUT2D eigenvalue weighted by atomic mass is 16.1. The summed E-state index contributed by atoms with van der Waals surface area (Å²) in [5.41, 5.74) is 0. The lowest BCUT2D eigenvalue weighted by atomic mass is 9.65. The molecule has 1 fully saturated rings. The molecule has 2 heteroatoms. The van der Waals surface area contributed by atoms with Gasteiger partial charge in [0.05, 0.1) is 6.19 Å². The third kappa shape index (κ3) is 1.36. The van der Waals surface area contributed by atoms with Gasteiger partial charge >= 0.3 is 0 Å². The van der Waals surface area contributed by atoms with Crippen LogP contribution in [0.3, 0.4) is 0 Å². The Morgan fingerprint density at radius 3 is 2.50 bits per heavy atom. The number of hydrogen-bond acceptors (Lipinski definition) is 1. The van der Waals surface area contributed by atoms with Crippen LogP contribution in [0.1, 0.15) is 25.7 Å². The van der Waals surface area contributed by atoms with Gasteiger partial charge in [-0.2, -0.15) is 0 Å². The Morgan fingerprint density at radius 1 is 1.38 bits per heavy atom. The van der Waals surface area contributed by atoms with Crippen LogP contribution in [0, 0.1) is 0 Å². The van der Waals surface area contributed by atoms with Gasteiger partial charge < -0.3 is 4.79 Å². The van der Waals surface area contributed by atoms with Gasteiger partial charge in [-0.25, -0.2) is 0 Å². The largest absolute Gasteiger partial charge is 0.315 e. The SMILES string of the molecule is O=CBC1CCCC1. The second-order valence-electron chi connectivity index (χ2n) is 2.55. The monoisotopic (exact) mass is 110 g/mol. The molecular weight excluding hydrogens is 98.9 g/mol. The fourth-order valence-corrected chi connectivity index (χ4v) is 1.38. The van der Waals surface area contributed by atoms with E-state index >= 15 is 0 Å². The normalized spacial score (nSPS) is 21.0. The van der Waals surface area contributed by atoms with Crippen molar-refractivity contribution in [1.29, 1.82) is 0 Å². The molecule has 1 aliphatic rings. The Morgan fingerprint density at radius 2 is 2.00 bits per heavy atom. The number of rotatable bonds is 2. The van der Waals surface area contributed by atoms with Gasteiger partial charge in [0, 0.05) is 0 Å². The van der Waals surface area contributed by atoms with Gasteiger partial charge in [0.15, 0.2) is 0 Å². The molecule has 1 saturated carbocycles. The Hall–Kier alpha value is -0.265. The van der Waals surface area contributed by atoms with E-state index in [0.29, 0.717) is 0 Å². The van der Waals surface area contributed by atoms with Gasteiger partial charge in [0.2, 0.25) is 7.28 Å². The first-order chi connectivity index (χ1) is 3.93. The van der Waals surface area contributed by atoms with E-state index in [-0.39, 0.29) is 0 Å². The molecule has 0 aromatic rings. The van der Waals surface area contributed by atoms with E-state index in [1.54, 1.807) is 0 Å². The average molecular weight is 110 g/mol. The van der Waals surface area contributed by atoms with Crippen molar-refractivity contribution in [1.82, 2.24) is 0 Å². The topological polar surface area (TPSA) is 17.1 Å². The highest BCUT2D eigenvalue weighted by Crippen LogP contribution is 2.28. The van der Waals surface area contributed by atoms with Crippen molar-refractivity contribution < 1.29 is 4.79 Å². The molecule has 0 heterocycles. The van der Waals surface area contributed by atoms with Crippen molar-refractivity contribution in [3.05, 3.63) is 0 Å². The molecular formula is C6H11BO. The predicted molar refractivity (Wildman–Crippen MR) is 36.1 cm³/mol. The maximum absolute atomic E-state index is 9.96. The fourth-order valence-electron chi connectivity index (χ4n) is 1.38. The molecule has 0 N–H and O–H groups in total. The second kappa shape index (κ2) is 2.90. The second-order valence-corrected chi connectivity index (χ2v) is 2.55. The molecule has 0 unspecified atom stereocenters. The van der Waals surface area contributed by atoms with Crippen molar-refractivity contribution in [3.8, 4) is 0 Å². The van der Waals surface area contributed by atoms with Crippen LogP contribution in [-0.4, -0.2) is 13.5 Å². The zero-order valence-electron chi connectivity index (χ0n) is 5.10. The zero-order valence-corrected chi connectivity index (χ0v) is 5.10. The highest BCUT2D eigenvalue weighted by molar-refractivity contribution is 6.68. The standard InChI is InChI=1S/C6H11BO/c8-5-7-6-3-1-2-4-6/h5-7H,1-4H2. The Labute approximate surface area is 50.7 Å². The number of carbonyl (C=O) groups excluding carboxylic acids is 1. The molecule has 44 valence electrons. The highest BCUT2D eigenvalue weighted by Gasteiger charge is 2.14. The minimum Gasteiger partial charge on any atom is -0.315 e. The minimum atomic E-state index is 0.743. The molecule has 0 aromatic carbocycles. The maximum Gasteiger partial charge on any atom is 0.204 e. The van der Waals surface area contributed by atoms with Crippen LogP contribution in [0.5, 0.6) is 0 Å². The smallest absolute Gasteiger partial charge is 0.204 e. The van der Waals surface area contributed by atoms with Crippen molar-refractivity contribution in [2.24, 2.45) is 0 Å². The molecule has 1 nitrogen and oxygen atoms in total. The van der Waals surface area contributed by atoms with E-state index in [2.05, 4.69) is 0 Å². The van der Waals surface area contributed by atoms with Gasteiger partial charge in [-0.15, -0.1) is 0 Å². The lowest BCUT2D eigenvalue weighted by Gasteiger charge is -1.96. The summed E-state index contributed by atoms with van der Waals surface area (Å²) in [4.78, 5) is 9.96. The van der Waals surface area contributed by atoms with Gasteiger partial charge in [-0.1, -0.05) is 31.5 Å². The summed E-state index contributed by atoms with van der Waals surface area (Å²) in [6.45, 7) is 0. The van der Waals surface area contributed by atoms with Crippen molar-refractivity contribution in [3.63, 3.8) is 0 Å². The molecule has 0 amide bonds. The summed E-state index contributed by atoms with van der Waals surface area (Å²) in [7, 11) is 0.806. The van der Waals surface area contributed by atoms with Crippen LogP contribution < -0.4 is 0 Å². The molecule has 0 atom stereocenters. The van der Waals surface area contributed by atoms with E-state index in [9.17, 15) is 4.79 Å². The lowest BCUT2D eigenvalue weighted by Crippen LogP contribution is -1.99. The minimum absolute atomic E-state index is 0.743. The summed E-state index contributed by atoms with van der Waals surface area (Å²) in [6.07, 6.45) is 6.32. The molecule has 0 aromatic heterocycles. The van der Waals surface area contributed by atoms with Crippen LogP contribution in [-0.2, 0) is 4.79 Å². The molecule has 0 radical (unpaired) electrons. The van der Waals surface area contributed by atoms with Crippen molar-refractivity contribution in [2.75, 3.05) is 0 Å². The quantitative estimate of drug-likeness (QED) is 0.382. The molecule has 0 saturated heterocycles. The van der Waals surface area contributed by atoms with Crippen LogP contribution in [0.25, 0.3) is 0 Å².